The average Bonchev–Trinajstić information content (AvgIpc) is 1.96. The van der Waals surface area contributed by atoms with Crippen molar-refractivity contribution in [3.63, 3.8) is 0 Å². The van der Waals surface area contributed by atoms with Crippen LogP contribution in [0.4, 0.5) is 0 Å². The highest BCUT2D eigenvalue weighted by Crippen LogP contribution is 2.21. The number of halogens is 1. The quantitative estimate of drug-likeness (QED) is 0.777. The van der Waals surface area contributed by atoms with Gasteiger partial charge in [0.15, 0.2) is 0 Å². The van der Waals surface area contributed by atoms with Gasteiger partial charge < -0.3 is 4.74 Å². The maximum absolute atomic E-state index is 5.47. The summed E-state index contributed by atoms with van der Waals surface area (Å²) in [5.41, 5.74) is 0.673. The van der Waals surface area contributed by atoms with Crippen molar-refractivity contribution in [2.75, 3.05) is 0 Å². The average molecular weight is 229 g/mol. The smallest absolute Gasteiger partial charge is 0.142 e. The molecule has 0 amide bonds. The van der Waals surface area contributed by atoms with E-state index in [1.54, 1.807) is 6.20 Å². The summed E-state index contributed by atoms with van der Waals surface area (Å²) in [6, 6.07) is 1.87. The molecule has 0 saturated heterocycles. The molecule has 12 heavy (non-hydrogen) atoms. The summed E-state index contributed by atoms with van der Waals surface area (Å²) < 4.78 is 6.38. The molecule has 1 radical (unpaired) electrons. The second-order valence-corrected chi connectivity index (χ2v) is 3.68. The minimum atomic E-state index is 0.154. The van der Waals surface area contributed by atoms with Gasteiger partial charge in [0.2, 0.25) is 0 Å². The molecule has 0 fully saturated rings. The fraction of sp³-hybridized carbons (Fsp3) is 0.333. The van der Waals surface area contributed by atoms with Crippen molar-refractivity contribution >= 4 is 15.9 Å². The van der Waals surface area contributed by atoms with Gasteiger partial charge in [-0.05, 0) is 42.8 Å². The van der Waals surface area contributed by atoms with Crippen LogP contribution in [0.1, 0.15) is 19.5 Å². The maximum Gasteiger partial charge on any atom is 0.142 e. The summed E-state index contributed by atoms with van der Waals surface area (Å²) in [4.78, 5) is 4.05. The van der Waals surface area contributed by atoms with Crippen LogP contribution in [0, 0.1) is 6.92 Å². The molecule has 0 aromatic carbocycles. The second kappa shape index (κ2) is 3.90. The Hall–Kier alpha value is -0.570. The number of ether oxygens (including phenoxy) is 1. The van der Waals surface area contributed by atoms with Crippen LogP contribution < -0.4 is 4.74 Å². The van der Waals surface area contributed by atoms with Crippen molar-refractivity contribution < 1.29 is 4.74 Å². The van der Waals surface area contributed by atoms with E-state index in [2.05, 4.69) is 27.8 Å². The molecular weight excluding hydrogens is 218 g/mol. The summed E-state index contributed by atoms with van der Waals surface area (Å²) in [7, 11) is 0. The van der Waals surface area contributed by atoms with Gasteiger partial charge in [0.05, 0.1) is 11.8 Å². The van der Waals surface area contributed by atoms with Crippen molar-refractivity contribution in [2.24, 2.45) is 0 Å². The van der Waals surface area contributed by atoms with Crippen molar-refractivity contribution in [2.45, 2.75) is 20.0 Å². The van der Waals surface area contributed by atoms with E-state index < -0.39 is 0 Å². The van der Waals surface area contributed by atoms with Crippen LogP contribution >= 0.6 is 15.9 Å². The summed E-state index contributed by atoms with van der Waals surface area (Å²) in [5, 5.41) is 0. The lowest BCUT2D eigenvalue weighted by Crippen LogP contribution is -2.07. The molecule has 1 aromatic rings. The first-order valence-electron chi connectivity index (χ1n) is 3.73. The van der Waals surface area contributed by atoms with Gasteiger partial charge in [-0.2, -0.15) is 0 Å². The predicted molar refractivity (Wildman–Crippen MR) is 52.2 cm³/mol. The number of aromatic nitrogens is 1. The molecule has 0 aliphatic heterocycles. The van der Waals surface area contributed by atoms with E-state index in [1.807, 2.05) is 19.9 Å². The molecule has 0 aliphatic rings. The Morgan fingerprint density at radius 2 is 2.25 bits per heavy atom. The van der Waals surface area contributed by atoms with Gasteiger partial charge in [-0.15, -0.1) is 0 Å². The molecule has 0 unspecified atom stereocenters. The number of nitrogens with zero attached hydrogens (tertiary/aromatic N) is 1. The standard InChI is InChI=1S/C9H11BrNO/c1-6(2)12-9-4-8(10)5-11-7(9)3/h4-6H,3H2,1-2H3. The number of hydrogen-bond donors (Lipinski definition) is 0. The lowest BCUT2D eigenvalue weighted by Gasteiger charge is -2.11. The van der Waals surface area contributed by atoms with Crippen LogP contribution in [0.25, 0.3) is 0 Å². The Morgan fingerprint density at radius 1 is 1.58 bits per heavy atom. The summed E-state index contributed by atoms with van der Waals surface area (Å²) in [6.07, 6.45) is 1.86. The first-order chi connectivity index (χ1) is 5.59. The first kappa shape index (κ1) is 9.52. The largest absolute Gasteiger partial charge is 0.489 e. The molecule has 3 heteroatoms. The van der Waals surface area contributed by atoms with Crippen LogP contribution in [-0.2, 0) is 0 Å². The third kappa shape index (κ3) is 2.48. The van der Waals surface area contributed by atoms with E-state index in [-0.39, 0.29) is 6.10 Å². The van der Waals surface area contributed by atoms with E-state index in [4.69, 9.17) is 4.74 Å². The van der Waals surface area contributed by atoms with Crippen LogP contribution in [0.15, 0.2) is 16.7 Å². The Labute approximate surface area is 81.1 Å². The molecule has 1 heterocycles. The van der Waals surface area contributed by atoms with Gasteiger partial charge in [0, 0.05) is 10.7 Å². The van der Waals surface area contributed by atoms with Crippen LogP contribution in [0.5, 0.6) is 5.75 Å². The van der Waals surface area contributed by atoms with Gasteiger partial charge >= 0.3 is 0 Å². The number of rotatable bonds is 2. The highest BCUT2D eigenvalue weighted by molar-refractivity contribution is 9.10. The maximum atomic E-state index is 5.47. The fourth-order valence-corrected chi connectivity index (χ4v) is 1.12. The Balaban J connectivity index is 2.90. The molecule has 0 spiro atoms. The van der Waals surface area contributed by atoms with Crippen molar-refractivity contribution in [1.82, 2.24) is 4.98 Å². The minimum absolute atomic E-state index is 0.154. The monoisotopic (exact) mass is 228 g/mol. The third-order valence-corrected chi connectivity index (χ3v) is 1.69. The zero-order valence-electron chi connectivity index (χ0n) is 7.17. The molecule has 0 saturated carbocycles. The Morgan fingerprint density at radius 3 is 2.83 bits per heavy atom. The van der Waals surface area contributed by atoms with Gasteiger partial charge in [-0.25, -0.2) is 0 Å². The highest BCUT2D eigenvalue weighted by Gasteiger charge is 2.03. The van der Waals surface area contributed by atoms with Gasteiger partial charge in [-0.1, -0.05) is 0 Å². The zero-order valence-corrected chi connectivity index (χ0v) is 8.76. The van der Waals surface area contributed by atoms with Gasteiger partial charge in [0.25, 0.3) is 0 Å². The number of hydrogen-bond acceptors (Lipinski definition) is 2. The van der Waals surface area contributed by atoms with E-state index in [0.717, 1.165) is 10.2 Å². The minimum Gasteiger partial charge on any atom is -0.489 e. The zero-order chi connectivity index (χ0) is 9.14. The predicted octanol–water partition coefficient (Wildman–Crippen LogP) is 2.81. The normalized spacial score (nSPS) is 10.4. The van der Waals surface area contributed by atoms with Crippen LogP contribution in [-0.4, -0.2) is 11.1 Å². The van der Waals surface area contributed by atoms with Crippen LogP contribution in [0.2, 0.25) is 0 Å². The summed E-state index contributed by atoms with van der Waals surface area (Å²) in [5.74, 6) is 0.736. The lowest BCUT2D eigenvalue weighted by atomic mass is 10.3. The van der Waals surface area contributed by atoms with Gasteiger partial charge in [-0.3, -0.25) is 4.98 Å². The van der Waals surface area contributed by atoms with Crippen LogP contribution in [0.3, 0.4) is 0 Å². The van der Waals surface area contributed by atoms with E-state index >= 15 is 0 Å². The molecule has 65 valence electrons. The Bertz CT molecular complexity index is 273. The van der Waals surface area contributed by atoms with E-state index in [9.17, 15) is 0 Å². The van der Waals surface area contributed by atoms with E-state index in [1.165, 1.54) is 0 Å². The fourth-order valence-electron chi connectivity index (χ4n) is 0.805. The molecule has 1 aromatic heterocycles. The van der Waals surface area contributed by atoms with Crippen molar-refractivity contribution in [3.05, 3.63) is 29.4 Å². The topological polar surface area (TPSA) is 22.1 Å². The van der Waals surface area contributed by atoms with E-state index in [0.29, 0.717) is 5.69 Å². The Kier molecular flexibility index (Phi) is 3.09. The third-order valence-electron chi connectivity index (χ3n) is 1.26. The SMILES string of the molecule is [CH2]c1ncc(Br)cc1OC(C)C. The first-order valence-corrected chi connectivity index (χ1v) is 4.53. The molecule has 2 nitrogen and oxygen atoms in total. The van der Waals surface area contributed by atoms with Gasteiger partial charge in [0.1, 0.15) is 5.75 Å². The summed E-state index contributed by atoms with van der Waals surface area (Å²) in [6.45, 7) is 7.70. The highest BCUT2D eigenvalue weighted by atomic mass is 79.9. The molecule has 0 bridgehead atoms. The summed E-state index contributed by atoms with van der Waals surface area (Å²) >= 11 is 3.32. The lowest BCUT2D eigenvalue weighted by molar-refractivity contribution is 0.240. The van der Waals surface area contributed by atoms with Crippen molar-refractivity contribution in [3.8, 4) is 5.75 Å². The molecule has 0 aliphatic carbocycles. The molecule has 1 rings (SSSR count). The van der Waals surface area contributed by atoms with Crippen molar-refractivity contribution in [1.29, 1.82) is 0 Å². The second-order valence-electron chi connectivity index (χ2n) is 2.76. The molecular formula is C9H11BrNO. The number of pyridine rings is 1. The molecule has 0 N–H and O–H groups in total. The molecule has 0 atom stereocenters.